The van der Waals surface area contributed by atoms with Crippen LogP contribution in [0.1, 0.15) is 18.5 Å². The molecule has 1 aromatic carbocycles. The maximum absolute atomic E-state index is 11.8. The number of fused-ring (bicyclic) bond motifs is 1. The fourth-order valence-corrected chi connectivity index (χ4v) is 3.82. The number of methoxy groups -OCH3 is 2. The van der Waals surface area contributed by atoms with Crippen LogP contribution in [-0.2, 0) is 4.79 Å². The molecule has 4 rings (SSSR count). The Morgan fingerprint density at radius 2 is 2.00 bits per heavy atom. The van der Waals surface area contributed by atoms with Gasteiger partial charge in [-0.05, 0) is 18.6 Å². The van der Waals surface area contributed by atoms with E-state index in [0.717, 1.165) is 12.1 Å². The number of nitrogens with two attached hydrogens (primary N) is 1. The zero-order chi connectivity index (χ0) is 24.1. The van der Waals surface area contributed by atoms with Crippen LogP contribution >= 0.6 is 0 Å². The second-order valence-electron chi connectivity index (χ2n) is 7.76. The number of carbonyl (C=O) groups excluding carboxylic acids is 1. The van der Waals surface area contributed by atoms with Gasteiger partial charge in [0.2, 0.25) is 5.91 Å². The van der Waals surface area contributed by atoms with E-state index in [1.54, 1.807) is 39.7 Å². The first-order valence-corrected chi connectivity index (χ1v) is 10.8. The second kappa shape index (κ2) is 10.2. The van der Waals surface area contributed by atoms with E-state index in [0.29, 0.717) is 52.7 Å². The van der Waals surface area contributed by atoms with Crippen molar-refractivity contribution in [2.24, 2.45) is 10.7 Å². The highest BCUT2D eigenvalue weighted by Gasteiger charge is 2.25. The molecule has 176 valence electrons. The summed E-state index contributed by atoms with van der Waals surface area (Å²) in [5.41, 5.74) is 8.88. The van der Waals surface area contributed by atoms with Gasteiger partial charge in [0.05, 0.1) is 26.1 Å². The zero-order valence-corrected chi connectivity index (χ0v) is 19.4. The van der Waals surface area contributed by atoms with E-state index in [2.05, 4.69) is 20.3 Å². The van der Waals surface area contributed by atoms with Crippen molar-refractivity contribution >= 4 is 40.4 Å². The summed E-state index contributed by atoms with van der Waals surface area (Å²) in [7, 11) is 4.87. The minimum Gasteiger partial charge on any atom is -0.497 e. The topological polar surface area (TPSA) is 128 Å². The highest BCUT2D eigenvalue weighted by Crippen LogP contribution is 2.33. The lowest BCUT2D eigenvalue weighted by Crippen LogP contribution is -2.37. The first kappa shape index (κ1) is 23.0. The van der Waals surface area contributed by atoms with E-state index in [1.165, 1.54) is 6.20 Å². The summed E-state index contributed by atoms with van der Waals surface area (Å²) in [6.45, 7) is 0.518. The lowest BCUT2D eigenvalue weighted by Gasteiger charge is -2.27. The molecule has 1 unspecified atom stereocenters. The van der Waals surface area contributed by atoms with Crippen molar-refractivity contribution in [2.45, 2.75) is 18.9 Å². The van der Waals surface area contributed by atoms with E-state index in [4.69, 9.17) is 20.2 Å². The van der Waals surface area contributed by atoms with E-state index < -0.39 is 0 Å². The molecule has 34 heavy (non-hydrogen) atoms. The molecule has 0 bridgehead atoms. The van der Waals surface area contributed by atoms with Crippen molar-refractivity contribution in [3.05, 3.63) is 48.4 Å². The number of benzene rings is 1. The van der Waals surface area contributed by atoms with Crippen molar-refractivity contribution in [1.82, 2.24) is 20.3 Å². The van der Waals surface area contributed by atoms with Gasteiger partial charge in [-0.15, -0.1) is 0 Å². The number of pyridine rings is 1. The molecule has 1 atom stereocenters. The molecule has 3 aromatic rings. The summed E-state index contributed by atoms with van der Waals surface area (Å²) < 4.78 is 10.9. The monoisotopic (exact) mass is 461 g/mol. The Morgan fingerprint density at radius 3 is 2.62 bits per heavy atom. The molecule has 10 heteroatoms. The maximum atomic E-state index is 11.8. The number of aromatic nitrogens is 3. The van der Waals surface area contributed by atoms with Crippen molar-refractivity contribution in [1.29, 1.82) is 0 Å². The SMILES string of the molecule is CN=CC(=CN)c1cnc2ccc(N(CC3CCC(=O)N3)c3cc(OC)cc(OC)c3)nc2n1. The Labute approximate surface area is 197 Å². The van der Waals surface area contributed by atoms with E-state index >= 15 is 0 Å². The minimum atomic E-state index is -0.0212. The number of rotatable bonds is 8. The Kier molecular flexibility index (Phi) is 6.86. The summed E-state index contributed by atoms with van der Waals surface area (Å²) in [4.78, 5) is 31.8. The number of nitrogens with zero attached hydrogens (tertiary/aromatic N) is 5. The van der Waals surface area contributed by atoms with Crippen LogP contribution < -0.4 is 25.4 Å². The average molecular weight is 462 g/mol. The molecule has 0 saturated carbocycles. The fourth-order valence-electron chi connectivity index (χ4n) is 3.82. The van der Waals surface area contributed by atoms with Crippen molar-refractivity contribution < 1.29 is 14.3 Å². The molecule has 0 radical (unpaired) electrons. The molecular weight excluding hydrogens is 434 g/mol. The van der Waals surface area contributed by atoms with Crippen LogP contribution in [0.2, 0.25) is 0 Å². The van der Waals surface area contributed by atoms with Crippen LogP contribution in [0.25, 0.3) is 16.7 Å². The Hall–Kier alpha value is -4.21. The van der Waals surface area contributed by atoms with Crippen LogP contribution in [0.5, 0.6) is 11.5 Å². The van der Waals surface area contributed by atoms with Crippen LogP contribution in [0.4, 0.5) is 11.5 Å². The molecule has 3 N–H and O–H groups in total. The number of nitrogens with one attached hydrogen (secondary N) is 1. The van der Waals surface area contributed by atoms with Gasteiger partial charge in [0.15, 0.2) is 5.65 Å². The Balaban J connectivity index is 1.80. The van der Waals surface area contributed by atoms with Crippen LogP contribution in [-0.4, -0.2) is 60.9 Å². The molecule has 3 heterocycles. The van der Waals surface area contributed by atoms with Crippen molar-refractivity contribution in [3.63, 3.8) is 0 Å². The lowest BCUT2D eigenvalue weighted by atomic mass is 10.1. The van der Waals surface area contributed by atoms with Crippen LogP contribution in [0.3, 0.4) is 0 Å². The predicted octanol–water partition coefficient (Wildman–Crippen LogP) is 2.46. The highest BCUT2D eigenvalue weighted by molar-refractivity contribution is 6.09. The standard InChI is InChI=1S/C24H27N7O3/c1-26-12-15(11-25)21-13-27-20-5-6-22(30-24(20)29-21)31(14-16-4-7-23(32)28-16)17-8-18(33-2)10-19(9-17)34-3/h5-6,8-13,16H,4,7,14,25H2,1-3H3,(H,28,32). The summed E-state index contributed by atoms with van der Waals surface area (Å²) in [6.07, 6.45) is 5.95. The zero-order valence-electron chi connectivity index (χ0n) is 19.4. The summed E-state index contributed by atoms with van der Waals surface area (Å²) >= 11 is 0. The quantitative estimate of drug-likeness (QED) is 0.490. The van der Waals surface area contributed by atoms with Gasteiger partial charge >= 0.3 is 0 Å². The molecule has 0 aliphatic carbocycles. The third-order valence-corrected chi connectivity index (χ3v) is 5.55. The average Bonchev–Trinajstić information content (AvgIpc) is 3.29. The Morgan fingerprint density at radius 1 is 1.24 bits per heavy atom. The summed E-state index contributed by atoms with van der Waals surface area (Å²) in [5, 5.41) is 3.03. The molecule has 2 aromatic heterocycles. The molecule has 1 aliphatic heterocycles. The highest BCUT2D eigenvalue weighted by atomic mass is 16.5. The Bertz CT molecular complexity index is 1240. The van der Waals surface area contributed by atoms with Gasteiger partial charge in [0.25, 0.3) is 0 Å². The summed E-state index contributed by atoms with van der Waals surface area (Å²) in [6, 6.07) is 9.34. The number of aliphatic imine (C=N–C) groups is 1. The second-order valence-corrected chi connectivity index (χ2v) is 7.76. The smallest absolute Gasteiger partial charge is 0.220 e. The normalized spacial score (nSPS) is 16.1. The maximum Gasteiger partial charge on any atom is 0.220 e. The van der Waals surface area contributed by atoms with Gasteiger partial charge in [-0.1, -0.05) is 0 Å². The van der Waals surface area contributed by atoms with Gasteiger partial charge in [-0.3, -0.25) is 14.8 Å². The molecule has 1 fully saturated rings. The number of hydrogen-bond acceptors (Lipinski definition) is 9. The molecule has 1 aliphatic rings. The molecule has 1 saturated heterocycles. The first-order chi connectivity index (χ1) is 16.5. The minimum absolute atomic E-state index is 0.0212. The number of allylic oxidation sites excluding steroid dienone is 1. The number of amides is 1. The lowest BCUT2D eigenvalue weighted by molar-refractivity contribution is -0.119. The predicted molar refractivity (Wildman–Crippen MR) is 132 cm³/mol. The molecule has 0 spiro atoms. The first-order valence-electron chi connectivity index (χ1n) is 10.8. The van der Waals surface area contributed by atoms with E-state index in [9.17, 15) is 4.79 Å². The number of hydrogen-bond donors (Lipinski definition) is 2. The van der Waals surface area contributed by atoms with Crippen molar-refractivity contribution in [2.75, 3.05) is 32.7 Å². The molecule has 1 amide bonds. The van der Waals surface area contributed by atoms with Crippen LogP contribution in [0, 0.1) is 0 Å². The fraction of sp³-hybridized carbons (Fsp3) is 0.292. The number of carbonyl (C=O) groups is 1. The summed E-state index contributed by atoms with van der Waals surface area (Å²) in [5.74, 6) is 2.00. The van der Waals surface area contributed by atoms with Gasteiger partial charge < -0.3 is 25.4 Å². The van der Waals surface area contributed by atoms with Gasteiger partial charge in [-0.25, -0.2) is 9.97 Å². The van der Waals surface area contributed by atoms with Crippen LogP contribution in [0.15, 0.2) is 47.7 Å². The van der Waals surface area contributed by atoms with Gasteiger partial charge in [0.1, 0.15) is 22.8 Å². The van der Waals surface area contributed by atoms with Gasteiger partial charge in [-0.2, -0.15) is 0 Å². The van der Waals surface area contributed by atoms with Gasteiger partial charge in [0, 0.05) is 67.9 Å². The third kappa shape index (κ3) is 4.90. The molecule has 10 nitrogen and oxygen atoms in total. The van der Waals surface area contributed by atoms with E-state index in [-0.39, 0.29) is 11.9 Å². The van der Waals surface area contributed by atoms with Crippen molar-refractivity contribution in [3.8, 4) is 11.5 Å². The number of anilines is 2. The van der Waals surface area contributed by atoms with E-state index in [1.807, 2.05) is 29.2 Å². The molecular formula is C24H27N7O3. The largest absolute Gasteiger partial charge is 0.497 e. The third-order valence-electron chi connectivity index (χ3n) is 5.55. The number of ether oxygens (including phenoxy) is 2.